The molecular formula is C8H9FO2. The van der Waals surface area contributed by atoms with E-state index in [1.165, 1.54) is 0 Å². The van der Waals surface area contributed by atoms with Crippen LogP contribution in [0.1, 0.15) is 6.42 Å². The molecule has 0 aromatic rings. The molecule has 0 heterocycles. The molecule has 0 aliphatic carbocycles. The van der Waals surface area contributed by atoms with Crippen LogP contribution in [0.25, 0.3) is 0 Å². The number of hydrogen-bond acceptors (Lipinski definition) is 1. The van der Waals surface area contributed by atoms with E-state index in [-0.39, 0.29) is 12.0 Å². The molecule has 60 valence electrons. The molecule has 0 bridgehead atoms. The summed E-state index contributed by atoms with van der Waals surface area (Å²) in [6.07, 6.45) is 1.79. The number of carboxylic acids is 1. The maximum atomic E-state index is 12.3. The highest BCUT2D eigenvalue weighted by atomic mass is 19.1. The topological polar surface area (TPSA) is 37.3 Å². The molecular weight excluding hydrogens is 147 g/mol. The summed E-state index contributed by atoms with van der Waals surface area (Å²) in [5.41, 5.74) is 0.218. The van der Waals surface area contributed by atoms with Crippen molar-refractivity contribution in [1.29, 1.82) is 0 Å². The lowest BCUT2D eigenvalue weighted by atomic mass is 10.2. The summed E-state index contributed by atoms with van der Waals surface area (Å²) in [6, 6.07) is 0. The Hall–Kier alpha value is -1.38. The summed E-state index contributed by atoms with van der Waals surface area (Å²) < 4.78 is 12.3. The minimum absolute atomic E-state index is 0.218. The molecule has 0 fully saturated rings. The quantitative estimate of drug-likeness (QED) is 0.632. The minimum atomic E-state index is -1.02. The van der Waals surface area contributed by atoms with Gasteiger partial charge in [-0.15, -0.1) is 0 Å². The van der Waals surface area contributed by atoms with Crippen LogP contribution < -0.4 is 0 Å². The largest absolute Gasteiger partial charge is 0.481 e. The Morgan fingerprint density at radius 1 is 1.64 bits per heavy atom. The molecule has 0 unspecified atom stereocenters. The van der Waals surface area contributed by atoms with Crippen molar-refractivity contribution in [3.63, 3.8) is 0 Å². The first-order valence-corrected chi connectivity index (χ1v) is 2.95. The van der Waals surface area contributed by atoms with E-state index in [1.807, 2.05) is 0 Å². The third kappa shape index (κ3) is 5.08. The number of rotatable bonds is 4. The maximum Gasteiger partial charge on any atom is 0.307 e. The standard InChI is InChI=1S/C8H9FO2/c1-3-7(9)4-6(2)5-8(10)11/h3-4H,1-2,5H2,(H,10,11)/b7-4+. The molecule has 0 aromatic heterocycles. The van der Waals surface area contributed by atoms with Crippen LogP contribution in [0.4, 0.5) is 4.39 Å². The number of halogens is 1. The van der Waals surface area contributed by atoms with E-state index in [0.717, 1.165) is 12.2 Å². The fourth-order valence-electron chi connectivity index (χ4n) is 0.499. The molecule has 0 spiro atoms. The van der Waals surface area contributed by atoms with E-state index in [9.17, 15) is 9.18 Å². The zero-order valence-electron chi connectivity index (χ0n) is 6.01. The molecule has 0 radical (unpaired) electrons. The zero-order valence-corrected chi connectivity index (χ0v) is 6.01. The Balaban J connectivity index is 4.07. The predicted molar refractivity (Wildman–Crippen MR) is 40.8 cm³/mol. The average molecular weight is 156 g/mol. The van der Waals surface area contributed by atoms with Gasteiger partial charge in [-0.1, -0.05) is 13.2 Å². The highest BCUT2D eigenvalue weighted by molar-refractivity contribution is 5.70. The Morgan fingerprint density at radius 2 is 2.18 bits per heavy atom. The predicted octanol–water partition coefficient (Wildman–Crippen LogP) is 2.06. The number of carbonyl (C=O) groups is 1. The zero-order chi connectivity index (χ0) is 8.85. The van der Waals surface area contributed by atoms with Crippen LogP contribution in [0.15, 0.2) is 36.7 Å². The van der Waals surface area contributed by atoms with Gasteiger partial charge in [0.1, 0.15) is 5.83 Å². The molecule has 0 amide bonds. The van der Waals surface area contributed by atoms with Gasteiger partial charge in [-0.05, 0) is 17.7 Å². The van der Waals surface area contributed by atoms with Gasteiger partial charge < -0.3 is 5.11 Å². The molecule has 0 aromatic carbocycles. The molecule has 0 saturated carbocycles. The fourth-order valence-corrected chi connectivity index (χ4v) is 0.499. The van der Waals surface area contributed by atoms with Crippen LogP contribution in [-0.2, 0) is 4.79 Å². The van der Waals surface area contributed by atoms with Gasteiger partial charge in [0.15, 0.2) is 0 Å². The summed E-state index contributed by atoms with van der Waals surface area (Å²) >= 11 is 0. The molecule has 11 heavy (non-hydrogen) atoms. The highest BCUT2D eigenvalue weighted by Gasteiger charge is 1.98. The summed E-state index contributed by atoms with van der Waals surface area (Å²) in [6.45, 7) is 6.50. The Kier molecular flexibility index (Phi) is 3.88. The molecule has 0 aliphatic rings. The monoisotopic (exact) mass is 156 g/mol. The van der Waals surface area contributed by atoms with Crippen LogP contribution in [0.3, 0.4) is 0 Å². The fraction of sp³-hybridized carbons (Fsp3) is 0.125. The molecule has 0 saturated heterocycles. The van der Waals surface area contributed by atoms with Crippen molar-refractivity contribution in [3.05, 3.63) is 36.7 Å². The van der Waals surface area contributed by atoms with E-state index in [0.29, 0.717) is 0 Å². The first kappa shape index (κ1) is 9.62. The van der Waals surface area contributed by atoms with Gasteiger partial charge in [0.2, 0.25) is 0 Å². The summed E-state index contributed by atoms with van der Waals surface area (Å²) in [5, 5.41) is 8.23. The lowest BCUT2D eigenvalue weighted by Gasteiger charge is -1.92. The van der Waals surface area contributed by atoms with Gasteiger partial charge in [0.05, 0.1) is 6.42 Å². The molecule has 2 nitrogen and oxygen atoms in total. The second kappa shape index (κ2) is 4.44. The second-order valence-corrected chi connectivity index (χ2v) is 1.96. The van der Waals surface area contributed by atoms with Crippen molar-refractivity contribution >= 4 is 5.97 Å². The second-order valence-electron chi connectivity index (χ2n) is 1.96. The van der Waals surface area contributed by atoms with Crippen molar-refractivity contribution < 1.29 is 14.3 Å². The van der Waals surface area contributed by atoms with Crippen LogP contribution in [0.2, 0.25) is 0 Å². The minimum Gasteiger partial charge on any atom is -0.481 e. The first-order chi connectivity index (χ1) is 5.06. The first-order valence-electron chi connectivity index (χ1n) is 2.95. The van der Waals surface area contributed by atoms with Crippen LogP contribution >= 0.6 is 0 Å². The average Bonchev–Trinajstić information content (AvgIpc) is 1.85. The van der Waals surface area contributed by atoms with E-state index in [2.05, 4.69) is 13.2 Å². The smallest absolute Gasteiger partial charge is 0.307 e. The van der Waals surface area contributed by atoms with Crippen molar-refractivity contribution in [2.45, 2.75) is 6.42 Å². The molecule has 0 atom stereocenters. The van der Waals surface area contributed by atoms with Gasteiger partial charge >= 0.3 is 5.97 Å². The SMILES string of the molecule is C=C/C(F)=C\C(=C)CC(=O)O. The number of allylic oxidation sites excluding steroid dienone is 3. The van der Waals surface area contributed by atoms with Gasteiger partial charge in [0.25, 0.3) is 0 Å². The summed E-state index contributed by atoms with van der Waals surface area (Å²) in [5.74, 6) is -1.60. The van der Waals surface area contributed by atoms with E-state index in [4.69, 9.17) is 5.11 Å². The van der Waals surface area contributed by atoms with Crippen LogP contribution in [0, 0.1) is 0 Å². The van der Waals surface area contributed by atoms with Crippen molar-refractivity contribution in [1.82, 2.24) is 0 Å². The summed E-state index contributed by atoms with van der Waals surface area (Å²) in [4.78, 5) is 10.0. The number of aliphatic carboxylic acids is 1. The third-order valence-electron chi connectivity index (χ3n) is 0.915. The maximum absolute atomic E-state index is 12.3. The third-order valence-corrected chi connectivity index (χ3v) is 0.915. The van der Waals surface area contributed by atoms with Gasteiger partial charge in [-0.2, -0.15) is 0 Å². The van der Waals surface area contributed by atoms with Gasteiger partial charge in [-0.25, -0.2) is 4.39 Å². The molecule has 3 heteroatoms. The number of carboxylic acid groups (broad SMARTS) is 1. The summed E-state index contributed by atoms with van der Waals surface area (Å²) in [7, 11) is 0. The highest BCUT2D eigenvalue weighted by Crippen LogP contribution is 2.06. The lowest BCUT2D eigenvalue weighted by Crippen LogP contribution is -1.94. The molecule has 0 aliphatic heterocycles. The molecule has 1 N–H and O–H groups in total. The Labute approximate surface area is 64.3 Å². The van der Waals surface area contributed by atoms with Crippen molar-refractivity contribution in [3.8, 4) is 0 Å². The number of hydrogen-bond donors (Lipinski definition) is 1. The van der Waals surface area contributed by atoms with E-state index < -0.39 is 11.8 Å². The van der Waals surface area contributed by atoms with Gasteiger partial charge in [-0.3, -0.25) is 4.79 Å². The van der Waals surface area contributed by atoms with Crippen molar-refractivity contribution in [2.75, 3.05) is 0 Å². The van der Waals surface area contributed by atoms with Crippen LogP contribution in [-0.4, -0.2) is 11.1 Å². The Bertz CT molecular complexity index is 216. The van der Waals surface area contributed by atoms with E-state index in [1.54, 1.807) is 0 Å². The Morgan fingerprint density at radius 3 is 2.55 bits per heavy atom. The lowest BCUT2D eigenvalue weighted by molar-refractivity contribution is -0.136. The van der Waals surface area contributed by atoms with E-state index >= 15 is 0 Å². The molecule has 0 rings (SSSR count). The van der Waals surface area contributed by atoms with Gasteiger partial charge in [0, 0.05) is 0 Å². The van der Waals surface area contributed by atoms with Crippen LogP contribution in [0.5, 0.6) is 0 Å². The van der Waals surface area contributed by atoms with Crippen molar-refractivity contribution in [2.24, 2.45) is 0 Å². The normalized spacial score (nSPS) is 10.8.